The largest absolute Gasteiger partial charge is 0.395 e. The molecule has 2 rings (SSSR count). The summed E-state index contributed by atoms with van der Waals surface area (Å²) in [7, 11) is 0. The van der Waals surface area contributed by atoms with E-state index in [4.69, 9.17) is 0 Å². The SMILES string of the molecule is CSC(CO)C(C)Nc1ncnc2c1CCCCC2. The van der Waals surface area contributed by atoms with E-state index in [9.17, 15) is 5.11 Å². The number of anilines is 1. The smallest absolute Gasteiger partial charge is 0.133 e. The summed E-state index contributed by atoms with van der Waals surface area (Å²) in [5.74, 6) is 0.965. The highest BCUT2D eigenvalue weighted by molar-refractivity contribution is 7.99. The Hall–Kier alpha value is -0.810. The van der Waals surface area contributed by atoms with Crippen molar-refractivity contribution in [3.63, 3.8) is 0 Å². The molecule has 0 aromatic carbocycles. The van der Waals surface area contributed by atoms with Crippen LogP contribution in [-0.2, 0) is 12.8 Å². The lowest BCUT2D eigenvalue weighted by Crippen LogP contribution is -2.31. The first-order valence-corrected chi connectivity index (χ1v) is 8.28. The van der Waals surface area contributed by atoms with Crippen molar-refractivity contribution in [2.75, 3.05) is 18.2 Å². The van der Waals surface area contributed by atoms with Gasteiger partial charge in [-0.05, 0) is 38.9 Å². The molecule has 0 radical (unpaired) electrons. The highest BCUT2D eigenvalue weighted by Gasteiger charge is 2.19. The number of aliphatic hydroxyl groups excluding tert-OH is 1. The Balaban J connectivity index is 2.16. The van der Waals surface area contributed by atoms with Gasteiger partial charge in [-0.1, -0.05) is 6.42 Å². The molecule has 1 aromatic heterocycles. The van der Waals surface area contributed by atoms with Crippen LogP contribution in [0.4, 0.5) is 5.82 Å². The lowest BCUT2D eigenvalue weighted by atomic mass is 10.1. The Morgan fingerprint density at radius 3 is 2.84 bits per heavy atom. The molecule has 2 N–H and O–H groups in total. The van der Waals surface area contributed by atoms with Gasteiger partial charge in [0.05, 0.1) is 6.61 Å². The van der Waals surface area contributed by atoms with Crippen molar-refractivity contribution in [1.29, 1.82) is 0 Å². The van der Waals surface area contributed by atoms with Gasteiger partial charge in [0.2, 0.25) is 0 Å². The van der Waals surface area contributed by atoms with Crippen LogP contribution in [0.1, 0.15) is 37.4 Å². The standard InChI is InChI=1S/C14H23N3OS/c1-10(13(8-18)19-2)17-14-11-6-4-3-5-7-12(11)15-9-16-14/h9-10,13,18H,3-8H2,1-2H3,(H,15,16,17). The molecule has 19 heavy (non-hydrogen) atoms. The topological polar surface area (TPSA) is 58.0 Å². The third-order valence-electron chi connectivity index (χ3n) is 3.78. The maximum absolute atomic E-state index is 9.36. The predicted octanol–water partition coefficient (Wildman–Crippen LogP) is 2.27. The zero-order chi connectivity index (χ0) is 13.7. The quantitative estimate of drug-likeness (QED) is 0.811. The van der Waals surface area contributed by atoms with E-state index in [0.717, 1.165) is 18.7 Å². The van der Waals surface area contributed by atoms with E-state index in [1.807, 2.05) is 6.26 Å². The molecular formula is C14H23N3OS. The van der Waals surface area contributed by atoms with E-state index in [0.29, 0.717) is 0 Å². The molecule has 1 heterocycles. The molecule has 2 atom stereocenters. The number of hydrogen-bond donors (Lipinski definition) is 2. The average Bonchev–Trinajstić information content (AvgIpc) is 2.66. The van der Waals surface area contributed by atoms with E-state index in [1.54, 1.807) is 18.1 Å². The third-order valence-corrected chi connectivity index (χ3v) is 4.94. The van der Waals surface area contributed by atoms with Crippen LogP contribution in [-0.4, -0.2) is 39.2 Å². The van der Waals surface area contributed by atoms with Gasteiger partial charge in [-0.3, -0.25) is 0 Å². The summed E-state index contributed by atoms with van der Waals surface area (Å²) in [6.07, 6.45) is 9.53. The number of thioether (sulfide) groups is 1. The first-order valence-electron chi connectivity index (χ1n) is 6.99. The van der Waals surface area contributed by atoms with Gasteiger partial charge in [-0.2, -0.15) is 11.8 Å². The Bertz CT molecular complexity index is 410. The van der Waals surface area contributed by atoms with Gasteiger partial charge in [-0.15, -0.1) is 0 Å². The zero-order valence-electron chi connectivity index (χ0n) is 11.7. The van der Waals surface area contributed by atoms with Crippen LogP contribution in [0.25, 0.3) is 0 Å². The number of aliphatic hydroxyl groups is 1. The van der Waals surface area contributed by atoms with E-state index in [-0.39, 0.29) is 17.9 Å². The lowest BCUT2D eigenvalue weighted by molar-refractivity contribution is 0.288. The zero-order valence-corrected chi connectivity index (χ0v) is 12.5. The van der Waals surface area contributed by atoms with Crippen LogP contribution in [0.15, 0.2) is 6.33 Å². The van der Waals surface area contributed by atoms with Crippen LogP contribution >= 0.6 is 11.8 Å². The summed E-state index contributed by atoms with van der Waals surface area (Å²) in [6.45, 7) is 2.28. The van der Waals surface area contributed by atoms with Gasteiger partial charge in [0.25, 0.3) is 0 Å². The van der Waals surface area contributed by atoms with Gasteiger partial charge in [0.15, 0.2) is 0 Å². The number of nitrogens with zero attached hydrogens (tertiary/aromatic N) is 2. The van der Waals surface area contributed by atoms with Crippen molar-refractivity contribution < 1.29 is 5.11 Å². The molecule has 106 valence electrons. The molecule has 1 aliphatic carbocycles. The van der Waals surface area contributed by atoms with E-state index >= 15 is 0 Å². The van der Waals surface area contributed by atoms with Crippen molar-refractivity contribution in [3.05, 3.63) is 17.6 Å². The summed E-state index contributed by atoms with van der Waals surface area (Å²) in [5.41, 5.74) is 2.48. The van der Waals surface area contributed by atoms with E-state index in [1.165, 1.54) is 30.5 Å². The minimum absolute atomic E-state index is 0.183. The molecule has 0 bridgehead atoms. The van der Waals surface area contributed by atoms with Crippen molar-refractivity contribution in [2.24, 2.45) is 0 Å². The highest BCUT2D eigenvalue weighted by Crippen LogP contribution is 2.25. The number of fused-ring (bicyclic) bond motifs is 1. The molecule has 5 heteroatoms. The Kier molecular flexibility index (Phi) is 5.45. The van der Waals surface area contributed by atoms with Gasteiger partial charge in [0.1, 0.15) is 12.1 Å². The van der Waals surface area contributed by atoms with Crippen LogP contribution in [0.3, 0.4) is 0 Å². The van der Waals surface area contributed by atoms with Crippen molar-refractivity contribution in [2.45, 2.75) is 50.3 Å². The fourth-order valence-electron chi connectivity index (χ4n) is 2.57. The molecule has 0 spiro atoms. The number of nitrogens with one attached hydrogen (secondary N) is 1. The average molecular weight is 281 g/mol. The molecule has 0 saturated heterocycles. The number of aromatic nitrogens is 2. The molecule has 1 aromatic rings. The van der Waals surface area contributed by atoms with E-state index in [2.05, 4.69) is 22.2 Å². The first kappa shape index (κ1) is 14.6. The molecule has 1 aliphatic rings. The van der Waals surface area contributed by atoms with Crippen LogP contribution in [0.5, 0.6) is 0 Å². The minimum atomic E-state index is 0.183. The monoisotopic (exact) mass is 281 g/mol. The molecule has 4 nitrogen and oxygen atoms in total. The number of aryl methyl sites for hydroxylation is 1. The van der Waals surface area contributed by atoms with E-state index < -0.39 is 0 Å². The second kappa shape index (κ2) is 7.10. The highest BCUT2D eigenvalue weighted by atomic mass is 32.2. The van der Waals surface area contributed by atoms with Gasteiger partial charge < -0.3 is 10.4 Å². The molecule has 0 aliphatic heterocycles. The number of hydrogen-bond acceptors (Lipinski definition) is 5. The second-order valence-corrected chi connectivity index (χ2v) is 6.17. The van der Waals surface area contributed by atoms with Gasteiger partial charge in [-0.25, -0.2) is 9.97 Å². The van der Waals surface area contributed by atoms with Crippen LogP contribution < -0.4 is 5.32 Å². The normalized spacial score (nSPS) is 18.3. The van der Waals surface area contributed by atoms with Gasteiger partial charge in [0, 0.05) is 22.5 Å². The Morgan fingerprint density at radius 1 is 1.32 bits per heavy atom. The molecule has 0 fully saturated rings. The summed E-state index contributed by atoms with van der Waals surface area (Å²) in [5, 5.41) is 13.0. The summed E-state index contributed by atoms with van der Waals surface area (Å²) in [4.78, 5) is 8.84. The Morgan fingerprint density at radius 2 is 2.11 bits per heavy atom. The molecule has 0 saturated carbocycles. The van der Waals surface area contributed by atoms with Crippen molar-refractivity contribution in [3.8, 4) is 0 Å². The Labute approximate surface area is 119 Å². The minimum Gasteiger partial charge on any atom is -0.395 e. The molecule has 2 unspecified atom stereocenters. The molecular weight excluding hydrogens is 258 g/mol. The maximum Gasteiger partial charge on any atom is 0.133 e. The second-order valence-electron chi connectivity index (χ2n) is 5.10. The first-order chi connectivity index (χ1) is 9.26. The fourth-order valence-corrected chi connectivity index (χ4v) is 3.19. The van der Waals surface area contributed by atoms with Crippen molar-refractivity contribution in [1.82, 2.24) is 9.97 Å². The predicted molar refractivity (Wildman–Crippen MR) is 80.8 cm³/mol. The van der Waals surface area contributed by atoms with Crippen LogP contribution in [0, 0.1) is 0 Å². The molecule has 0 amide bonds. The summed E-state index contributed by atoms with van der Waals surface area (Å²) >= 11 is 1.68. The van der Waals surface area contributed by atoms with Gasteiger partial charge >= 0.3 is 0 Å². The fraction of sp³-hybridized carbons (Fsp3) is 0.714. The third kappa shape index (κ3) is 3.60. The lowest BCUT2D eigenvalue weighted by Gasteiger charge is -2.23. The van der Waals surface area contributed by atoms with Crippen molar-refractivity contribution >= 4 is 17.6 Å². The number of rotatable bonds is 5. The van der Waals surface area contributed by atoms with Crippen LogP contribution in [0.2, 0.25) is 0 Å². The maximum atomic E-state index is 9.36. The summed E-state index contributed by atoms with van der Waals surface area (Å²) in [6, 6.07) is 0.197. The summed E-state index contributed by atoms with van der Waals surface area (Å²) < 4.78 is 0.